The van der Waals surface area contributed by atoms with E-state index in [1.165, 1.54) is 19.4 Å². The van der Waals surface area contributed by atoms with E-state index >= 15 is 0 Å². The maximum atomic E-state index is 9.58. The second-order valence-corrected chi connectivity index (χ2v) is 6.62. The predicted molar refractivity (Wildman–Crippen MR) is 96.8 cm³/mol. The number of likely N-dealkylation sites (N-methyl/N-ethyl adjacent to an activating group) is 1. The van der Waals surface area contributed by atoms with Crippen LogP contribution in [0.25, 0.3) is 11.3 Å². The Morgan fingerprint density at radius 1 is 1.25 bits per heavy atom. The van der Waals surface area contributed by atoms with E-state index in [1.807, 2.05) is 36.4 Å². The minimum Gasteiger partial charge on any atom is -0.460 e. The lowest BCUT2D eigenvalue weighted by atomic mass is 10.1. The fraction of sp³-hybridized carbons (Fsp3) is 0.500. The molecule has 0 bridgehead atoms. The Hall–Kier alpha value is -1.62. The van der Waals surface area contributed by atoms with Crippen molar-refractivity contribution in [3.8, 4) is 11.3 Å². The molecule has 0 amide bonds. The molecule has 1 aliphatic heterocycles. The van der Waals surface area contributed by atoms with Crippen LogP contribution in [0.4, 0.5) is 0 Å². The average Bonchev–Trinajstić information content (AvgIpc) is 3.24. The number of nitrogens with zero attached hydrogens (tertiary/aromatic N) is 1. The predicted octanol–water partition coefficient (Wildman–Crippen LogP) is 3.57. The van der Waals surface area contributed by atoms with E-state index < -0.39 is 6.10 Å². The summed E-state index contributed by atoms with van der Waals surface area (Å²) in [6.07, 6.45) is 2.17. The smallest absolute Gasteiger partial charge is 0.134 e. The molecular weight excluding hydrogens is 300 g/mol. The van der Waals surface area contributed by atoms with Gasteiger partial charge in [0.2, 0.25) is 0 Å². The summed E-state index contributed by atoms with van der Waals surface area (Å²) in [5.41, 5.74) is 1.96. The summed E-state index contributed by atoms with van der Waals surface area (Å²) in [6.45, 7) is 8.16. The SMILES string of the molecule is CCN1CCCC1CNCc1ccc(-c2ccc(C(C)O)cc2)o1. The van der Waals surface area contributed by atoms with Crippen molar-refractivity contribution < 1.29 is 9.52 Å². The van der Waals surface area contributed by atoms with Crippen molar-refractivity contribution in [2.45, 2.75) is 45.4 Å². The van der Waals surface area contributed by atoms with Crippen LogP contribution in [0.5, 0.6) is 0 Å². The highest BCUT2D eigenvalue weighted by Crippen LogP contribution is 2.24. The highest BCUT2D eigenvalue weighted by Gasteiger charge is 2.22. The Morgan fingerprint density at radius 3 is 2.75 bits per heavy atom. The highest BCUT2D eigenvalue weighted by atomic mass is 16.3. The highest BCUT2D eigenvalue weighted by molar-refractivity contribution is 5.58. The van der Waals surface area contributed by atoms with Crippen LogP contribution in [-0.2, 0) is 6.54 Å². The molecule has 0 aliphatic carbocycles. The van der Waals surface area contributed by atoms with Gasteiger partial charge in [0, 0.05) is 18.2 Å². The maximum Gasteiger partial charge on any atom is 0.134 e. The summed E-state index contributed by atoms with van der Waals surface area (Å²) in [6, 6.07) is 12.6. The number of likely N-dealkylation sites (tertiary alicyclic amines) is 1. The zero-order chi connectivity index (χ0) is 16.9. The molecule has 1 fully saturated rings. The molecule has 1 saturated heterocycles. The van der Waals surface area contributed by atoms with Crippen molar-refractivity contribution in [2.75, 3.05) is 19.6 Å². The molecule has 2 atom stereocenters. The first-order valence-corrected chi connectivity index (χ1v) is 8.99. The zero-order valence-electron chi connectivity index (χ0n) is 14.7. The fourth-order valence-electron chi connectivity index (χ4n) is 3.46. The number of aliphatic hydroxyl groups excluding tert-OH is 1. The lowest BCUT2D eigenvalue weighted by Crippen LogP contribution is -2.37. The molecule has 0 radical (unpaired) electrons. The normalized spacial score (nSPS) is 19.7. The van der Waals surface area contributed by atoms with Gasteiger partial charge in [0.05, 0.1) is 12.6 Å². The lowest BCUT2D eigenvalue weighted by molar-refractivity contribution is 0.199. The largest absolute Gasteiger partial charge is 0.460 e. The van der Waals surface area contributed by atoms with Gasteiger partial charge in [-0.15, -0.1) is 0 Å². The Morgan fingerprint density at radius 2 is 2.04 bits per heavy atom. The van der Waals surface area contributed by atoms with E-state index in [0.717, 1.165) is 42.3 Å². The van der Waals surface area contributed by atoms with Crippen LogP contribution in [-0.4, -0.2) is 35.7 Å². The average molecular weight is 328 g/mol. The molecule has 4 heteroatoms. The number of hydrogen-bond donors (Lipinski definition) is 2. The minimum atomic E-state index is -0.436. The van der Waals surface area contributed by atoms with E-state index in [4.69, 9.17) is 4.42 Å². The van der Waals surface area contributed by atoms with Gasteiger partial charge in [0.25, 0.3) is 0 Å². The van der Waals surface area contributed by atoms with Gasteiger partial charge >= 0.3 is 0 Å². The van der Waals surface area contributed by atoms with Crippen LogP contribution < -0.4 is 5.32 Å². The molecule has 1 aromatic carbocycles. The summed E-state index contributed by atoms with van der Waals surface area (Å²) in [5, 5.41) is 13.1. The molecule has 2 unspecified atom stereocenters. The zero-order valence-corrected chi connectivity index (χ0v) is 14.7. The number of benzene rings is 1. The number of aliphatic hydroxyl groups is 1. The third-order valence-electron chi connectivity index (χ3n) is 4.92. The minimum absolute atomic E-state index is 0.436. The van der Waals surface area contributed by atoms with Crippen molar-refractivity contribution >= 4 is 0 Å². The first-order valence-electron chi connectivity index (χ1n) is 8.99. The van der Waals surface area contributed by atoms with Gasteiger partial charge in [-0.3, -0.25) is 4.90 Å². The quantitative estimate of drug-likeness (QED) is 0.816. The van der Waals surface area contributed by atoms with Crippen LogP contribution in [0, 0.1) is 0 Å². The Labute approximate surface area is 144 Å². The van der Waals surface area contributed by atoms with Gasteiger partial charge in [0.1, 0.15) is 11.5 Å². The second-order valence-electron chi connectivity index (χ2n) is 6.62. The van der Waals surface area contributed by atoms with Crippen LogP contribution in [0.2, 0.25) is 0 Å². The van der Waals surface area contributed by atoms with Crippen LogP contribution in [0.1, 0.15) is 44.1 Å². The van der Waals surface area contributed by atoms with Crippen molar-refractivity contribution in [3.05, 3.63) is 47.7 Å². The lowest BCUT2D eigenvalue weighted by Gasteiger charge is -2.22. The van der Waals surface area contributed by atoms with Gasteiger partial charge in [0.15, 0.2) is 0 Å². The van der Waals surface area contributed by atoms with Gasteiger partial charge < -0.3 is 14.8 Å². The molecule has 3 rings (SSSR count). The van der Waals surface area contributed by atoms with E-state index in [9.17, 15) is 5.11 Å². The first kappa shape index (κ1) is 17.2. The molecule has 130 valence electrons. The fourth-order valence-corrected chi connectivity index (χ4v) is 3.46. The third-order valence-corrected chi connectivity index (χ3v) is 4.92. The van der Waals surface area contributed by atoms with Gasteiger partial charge in [-0.25, -0.2) is 0 Å². The molecule has 0 saturated carbocycles. The van der Waals surface area contributed by atoms with Gasteiger partial charge in [-0.2, -0.15) is 0 Å². The summed E-state index contributed by atoms with van der Waals surface area (Å²) in [5.74, 6) is 1.84. The van der Waals surface area contributed by atoms with Crippen molar-refractivity contribution in [1.82, 2.24) is 10.2 Å². The molecule has 0 spiro atoms. The molecule has 2 N–H and O–H groups in total. The van der Waals surface area contributed by atoms with Gasteiger partial charge in [-0.1, -0.05) is 31.2 Å². The molecule has 24 heavy (non-hydrogen) atoms. The van der Waals surface area contributed by atoms with Crippen LogP contribution in [0.3, 0.4) is 0 Å². The van der Waals surface area contributed by atoms with Crippen molar-refractivity contribution in [1.29, 1.82) is 0 Å². The van der Waals surface area contributed by atoms with E-state index in [2.05, 4.69) is 17.1 Å². The summed E-state index contributed by atoms with van der Waals surface area (Å²) in [4.78, 5) is 2.55. The monoisotopic (exact) mass is 328 g/mol. The van der Waals surface area contributed by atoms with E-state index in [-0.39, 0.29) is 0 Å². The first-order chi connectivity index (χ1) is 11.7. The molecule has 1 aromatic heterocycles. The van der Waals surface area contributed by atoms with E-state index in [0.29, 0.717) is 6.04 Å². The number of nitrogens with one attached hydrogen (secondary N) is 1. The number of rotatable bonds is 7. The second kappa shape index (κ2) is 7.97. The van der Waals surface area contributed by atoms with Crippen molar-refractivity contribution in [2.24, 2.45) is 0 Å². The molecule has 2 aromatic rings. The molecule has 4 nitrogen and oxygen atoms in total. The Bertz CT molecular complexity index is 633. The van der Waals surface area contributed by atoms with E-state index in [1.54, 1.807) is 6.92 Å². The maximum absolute atomic E-state index is 9.58. The standard InChI is InChI=1S/C20H28N2O2/c1-3-22-12-4-5-18(22)13-21-14-19-10-11-20(24-19)17-8-6-16(7-9-17)15(2)23/h6-11,15,18,21,23H,3-5,12-14H2,1-2H3. The third kappa shape index (κ3) is 4.07. The molecular formula is C20H28N2O2. The molecule has 2 heterocycles. The van der Waals surface area contributed by atoms with Crippen LogP contribution in [0.15, 0.2) is 40.8 Å². The molecule has 1 aliphatic rings. The number of furan rings is 1. The topological polar surface area (TPSA) is 48.6 Å². The van der Waals surface area contributed by atoms with Crippen molar-refractivity contribution in [3.63, 3.8) is 0 Å². The van der Waals surface area contributed by atoms with Crippen LogP contribution >= 0.6 is 0 Å². The van der Waals surface area contributed by atoms with Gasteiger partial charge in [-0.05, 0) is 50.6 Å². The number of hydrogen-bond acceptors (Lipinski definition) is 4. The summed E-state index contributed by atoms with van der Waals surface area (Å²) in [7, 11) is 0. The Kier molecular flexibility index (Phi) is 5.72. The Balaban J connectivity index is 1.53. The summed E-state index contributed by atoms with van der Waals surface area (Å²) >= 11 is 0. The summed E-state index contributed by atoms with van der Waals surface area (Å²) < 4.78 is 5.95.